The van der Waals surface area contributed by atoms with Gasteiger partial charge in [0.2, 0.25) is 0 Å². The van der Waals surface area contributed by atoms with E-state index < -0.39 is 17.7 Å². The van der Waals surface area contributed by atoms with Crippen LogP contribution in [0.5, 0.6) is 0 Å². The first-order valence-electron chi connectivity index (χ1n) is 4.46. The number of ketones is 1. The molecule has 0 radical (unpaired) electrons. The molecule has 0 aliphatic carbocycles. The minimum atomic E-state index is -4.51. The van der Waals surface area contributed by atoms with Gasteiger partial charge in [-0.1, -0.05) is 6.07 Å². The van der Waals surface area contributed by atoms with E-state index in [1.54, 1.807) is 0 Å². The maximum absolute atomic E-state index is 12.7. The predicted octanol–water partition coefficient (Wildman–Crippen LogP) is 2.56. The maximum Gasteiger partial charge on any atom is 0.431 e. The van der Waals surface area contributed by atoms with Crippen molar-refractivity contribution >= 4 is 11.4 Å². The normalized spacial score (nSPS) is 12.0. The second kappa shape index (κ2) is 3.33. The monoisotopic (exact) mass is 228 g/mol. The minimum Gasteiger partial charge on any atom is -0.293 e. The van der Waals surface area contributed by atoms with Crippen molar-refractivity contribution < 1.29 is 18.0 Å². The van der Waals surface area contributed by atoms with Crippen molar-refractivity contribution in [2.45, 2.75) is 13.1 Å². The molecular weight excluding hydrogens is 221 g/mol. The molecule has 0 aliphatic heterocycles. The number of carbonyl (C=O) groups is 1. The van der Waals surface area contributed by atoms with Gasteiger partial charge in [-0.15, -0.1) is 0 Å². The Kier molecular flexibility index (Phi) is 2.22. The molecule has 0 saturated carbocycles. The Hall–Kier alpha value is -1.85. The van der Waals surface area contributed by atoms with Crippen LogP contribution in [0.25, 0.3) is 5.65 Å². The Labute approximate surface area is 88.5 Å². The number of nitrogens with zero attached hydrogens (tertiary/aromatic N) is 2. The predicted molar refractivity (Wildman–Crippen MR) is 50.2 cm³/mol. The molecule has 0 N–H and O–H groups in total. The van der Waals surface area contributed by atoms with Crippen LogP contribution in [0.2, 0.25) is 0 Å². The van der Waals surface area contributed by atoms with Gasteiger partial charge in [0.15, 0.2) is 5.78 Å². The lowest BCUT2D eigenvalue weighted by molar-refractivity contribution is -0.142. The lowest BCUT2D eigenvalue weighted by atomic mass is 10.3. The fraction of sp³-hybridized carbons (Fsp3) is 0.200. The molecule has 0 unspecified atom stereocenters. The molecule has 0 atom stereocenters. The van der Waals surface area contributed by atoms with Crippen LogP contribution in [0.15, 0.2) is 24.4 Å². The number of pyridine rings is 1. The number of aromatic nitrogens is 2. The van der Waals surface area contributed by atoms with Gasteiger partial charge in [0.1, 0.15) is 17.0 Å². The SMILES string of the molecule is CC(=O)c1cnc2cccc(C(F)(F)F)n12. The summed E-state index contributed by atoms with van der Waals surface area (Å²) in [5, 5.41) is 0. The fourth-order valence-corrected chi connectivity index (χ4v) is 1.51. The van der Waals surface area contributed by atoms with Gasteiger partial charge in [0.25, 0.3) is 0 Å². The van der Waals surface area contributed by atoms with Crippen molar-refractivity contribution in [1.29, 1.82) is 0 Å². The highest BCUT2D eigenvalue weighted by atomic mass is 19.4. The van der Waals surface area contributed by atoms with Crippen LogP contribution in [0.4, 0.5) is 13.2 Å². The molecule has 2 aromatic heterocycles. The number of imidazole rings is 1. The summed E-state index contributed by atoms with van der Waals surface area (Å²) in [7, 11) is 0. The summed E-state index contributed by atoms with van der Waals surface area (Å²) in [5.41, 5.74) is -0.851. The van der Waals surface area contributed by atoms with E-state index in [4.69, 9.17) is 0 Å². The highest BCUT2D eigenvalue weighted by Gasteiger charge is 2.34. The summed E-state index contributed by atoms with van der Waals surface area (Å²) < 4.78 is 38.9. The van der Waals surface area contributed by atoms with Gasteiger partial charge >= 0.3 is 6.18 Å². The van der Waals surface area contributed by atoms with Crippen molar-refractivity contribution in [2.24, 2.45) is 0 Å². The lowest BCUT2D eigenvalue weighted by Crippen LogP contribution is -2.14. The van der Waals surface area contributed by atoms with Crippen molar-refractivity contribution in [2.75, 3.05) is 0 Å². The minimum absolute atomic E-state index is 0.0667. The molecular formula is C10H7F3N2O. The van der Waals surface area contributed by atoms with E-state index >= 15 is 0 Å². The van der Waals surface area contributed by atoms with Crippen LogP contribution in [-0.4, -0.2) is 15.2 Å². The third-order valence-electron chi connectivity index (χ3n) is 2.18. The Morgan fingerprint density at radius 1 is 1.38 bits per heavy atom. The van der Waals surface area contributed by atoms with Gasteiger partial charge in [-0.3, -0.25) is 9.20 Å². The average Bonchev–Trinajstić information content (AvgIpc) is 2.58. The topological polar surface area (TPSA) is 34.4 Å². The second-order valence-corrected chi connectivity index (χ2v) is 3.30. The third kappa shape index (κ3) is 1.56. The van der Waals surface area contributed by atoms with Crippen LogP contribution >= 0.6 is 0 Å². The summed E-state index contributed by atoms with van der Waals surface area (Å²) >= 11 is 0. The van der Waals surface area contributed by atoms with Crippen molar-refractivity contribution in [1.82, 2.24) is 9.38 Å². The molecule has 2 rings (SSSR count). The van der Waals surface area contributed by atoms with Crippen LogP contribution < -0.4 is 0 Å². The lowest BCUT2D eigenvalue weighted by Gasteiger charge is -2.10. The first-order chi connectivity index (χ1) is 7.41. The van der Waals surface area contributed by atoms with Gasteiger partial charge in [0, 0.05) is 6.92 Å². The molecule has 0 fully saturated rings. The van der Waals surface area contributed by atoms with Crippen LogP contribution in [0.1, 0.15) is 23.1 Å². The summed E-state index contributed by atoms with van der Waals surface area (Å²) in [6.07, 6.45) is -3.36. The number of fused-ring (bicyclic) bond motifs is 1. The van der Waals surface area contributed by atoms with Gasteiger partial charge < -0.3 is 0 Å². The number of halogens is 3. The highest BCUT2D eigenvalue weighted by molar-refractivity contribution is 5.93. The van der Waals surface area contributed by atoms with Crippen molar-refractivity contribution in [3.63, 3.8) is 0 Å². The maximum atomic E-state index is 12.7. The highest BCUT2D eigenvalue weighted by Crippen LogP contribution is 2.30. The molecule has 0 spiro atoms. The molecule has 0 aliphatic rings. The first kappa shape index (κ1) is 10.7. The van der Waals surface area contributed by atoms with Gasteiger partial charge in [0.05, 0.1) is 6.20 Å². The molecule has 0 amide bonds. The number of carbonyl (C=O) groups excluding carboxylic acids is 1. The molecule has 16 heavy (non-hydrogen) atoms. The number of alkyl halides is 3. The average molecular weight is 228 g/mol. The molecule has 3 nitrogen and oxygen atoms in total. The summed E-state index contributed by atoms with van der Waals surface area (Å²) in [4.78, 5) is 14.9. The molecule has 2 heterocycles. The molecule has 2 aromatic rings. The van der Waals surface area contributed by atoms with E-state index in [2.05, 4.69) is 4.98 Å². The van der Waals surface area contributed by atoms with E-state index in [1.807, 2.05) is 0 Å². The quantitative estimate of drug-likeness (QED) is 0.703. The summed E-state index contributed by atoms with van der Waals surface area (Å²) in [6, 6.07) is 3.60. The second-order valence-electron chi connectivity index (χ2n) is 3.30. The number of rotatable bonds is 1. The molecule has 6 heteroatoms. The smallest absolute Gasteiger partial charge is 0.293 e. The zero-order chi connectivity index (χ0) is 11.9. The third-order valence-corrected chi connectivity index (χ3v) is 2.18. The Morgan fingerprint density at radius 3 is 2.62 bits per heavy atom. The van der Waals surface area contributed by atoms with Crippen LogP contribution in [-0.2, 0) is 6.18 Å². The summed E-state index contributed by atoms with van der Waals surface area (Å²) in [5.74, 6) is -0.454. The van der Waals surface area contributed by atoms with Crippen LogP contribution in [0, 0.1) is 0 Å². The molecule has 0 saturated heterocycles. The summed E-state index contributed by atoms with van der Waals surface area (Å²) in [6.45, 7) is 1.20. The zero-order valence-corrected chi connectivity index (χ0v) is 8.25. The van der Waals surface area contributed by atoms with E-state index in [-0.39, 0.29) is 11.3 Å². The van der Waals surface area contributed by atoms with Gasteiger partial charge in [-0.05, 0) is 12.1 Å². The fourth-order valence-electron chi connectivity index (χ4n) is 1.51. The van der Waals surface area contributed by atoms with E-state index in [9.17, 15) is 18.0 Å². The molecule has 84 valence electrons. The standard InChI is InChI=1S/C10H7F3N2O/c1-6(16)7-5-14-9-4-2-3-8(15(7)9)10(11,12)13/h2-5H,1H3. The van der Waals surface area contributed by atoms with E-state index in [1.165, 1.54) is 19.1 Å². The van der Waals surface area contributed by atoms with Gasteiger partial charge in [-0.2, -0.15) is 13.2 Å². The largest absolute Gasteiger partial charge is 0.431 e. The van der Waals surface area contributed by atoms with Crippen molar-refractivity contribution in [3.05, 3.63) is 35.8 Å². The number of hydrogen-bond donors (Lipinski definition) is 0. The Balaban J connectivity index is 2.84. The number of hydrogen-bond acceptors (Lipinski definition) is 2. The van der Waals surface area contributed by atoms with E-state index in [0.29, 0.717) is 0 Å². The zero-order valence-electron chi connectivity index (χ0n) is 8.25. The Morgan fingerprint density at radius 2 is 2.06 bits per heavy atom. The Bertz CT molecular complexity index is 557. The van der Waals surface area contributed by atoms with E-state index in [0.717, 1.165) is 16.7 Å². The van der Waals surface area contributed by atoms with Gasteiger partial charge in [-0.25, -0.2) is 4.98 Å². The molecule has 0 aromatic carbocycles. The molecule has 0 bridgehead atoms. The number of Topliss-reactive ketones (excluding diaryl/α,β-unsaturated/α-hetero) is 1. The first-order valence-corrected chi connectivity index (χ1v) is 4.46. The van der Waals surface area contributed by atoms with Crippen molar-refractivity contribution in [3.8, 4) is 0 Å². The van der Waals surface area contributed by atoms with Crippen LogP contribution in [0.3, 0.4) is 0 Å².